The highest BCUT2D eigenvalue weighted by atomic mass is 16.7. The Morgan fingerprint density at radius 3 is 2.36 bits per heavy atom. The van der Waals surface area contributed by atoms with Crippen molar-refractivity contribution in [3.63, 3.8) is 0 Å². The molecule has 0 aromatic carbocycles. The van der Waals surface area contributed by atoms with E-state index in [0.717, 1.165) is 12.8 Å². The third-order valence-corrected chi connectivity index (χ3v) is 2.37. The molecule has 0 aromatic heterocycles. The lowest BCUT2D eigenvalue weighted by Crippen LogP contribution is -2.32. The molecule has 1 atom stereocenters. The molecular formula is C8H14O3. The van der Waals surface area contributed by atoms with Crippen molar-refractivity contribution in [2.24, 2.45) is 0 Å². The van der Waals surface area contributed by atoms with Gasteiger partial charge in [-0.25, -0.2) is 0 Å². The zero-order chi connectivity index (χ0) is 8.11. The molecule has 0 amide bonds. The molecule has 0 aromatic rings. The van der Waals surface area contributed by atoms with Gasteiger partial charge >= 0.3 is 0 Å². The van der Waals surface area contributed by atoms with E-state index in [2.05, 4.69) is 0 Å². The number of ether oxygens (including phenoxy) is 2. The van der Waals surface area contributed by atoms with Crippen LogP contribution in [0.1, 0.15) is 26.7 Å². The van der Waals surface area contributed by atoms with Crippen LogP contribution in [0.2, 0.25) is 0 Å². The molecule has 3 heteroatoms. The van der Waals surface area contributed by atoms with E-state index in [1.807, 2.05) is 13.8 Å². The van der Waals surface area contributed by atoms with E-state index in [0.29, 0.717) is 6.61 Å². The second-order valence-electron chi connectivity index (χ2n) is 3.92. The molecule has 2 aliphatic rings. The standard InChI is InChI=1S/C8H14O3/c1-7(2)10-5-6(11-7)8(9)3-4-8/h6,9H,3-5H2,1-2H3. The van der Waals surface area contributed by atoms with Gasteiger partial charge in [-0.3, -0.25) is 0 Å². The van der Waals surface area contributed by atoms with Gasteiger partial charge in [0.05, 0.1) is 12.2 Å². The zero-order valence-corrected chi connectivity index (χ0v) is 6.96. The van der Waals surface area contributed by atoms with Crippen LogP contribution < -0.4 is 0 Å². The van der Waals surface area contributed by atoms with Gasteiger partial charge in [0.1, 0.15) is 6.10 Å². The molecule has 1 saturated heterocycles. The quantitative estimate of drug-likeness (QED) is 0.609. The molecule has 64 valence electrons. The molecule has 3 nitrogen and oxygen atoms in total. The highest BCUT2D eigenvalue weighted by Crippen LogP contribution is 2.43. The predicted octanol–water partition coefficient (Wildman–Crippen LogP) is 0.663. The number of aliphatic hydroxyl groups is 1. The minimum Gasteiger partial charge on any atom is -0.387 e. The van der Waals surface area contributed by atoms with Crippen molar-refractivity contribution in [3.8, 4) is 0 Å². The van der Waals surface area contributed by atoms with Crippen molar-refractivity contribution in [2.45, 2.75) is 44.2 Å². The molecule has 1 heterocycles. The van der Waals surface area contributed by atoms with Gasteiger partial charge in [-0.05, 0) is 26.7 Å². The fraction of sp³-hybridized carbons (Fsp3) is 1.00. The maximum absolute atomic E-state index is 9.66. The first kappa shape index (κ1) is 7.53. The molecule has 1 aliphatic carbocycles. The van der Waals surface area contributed by atoms with Crippen molar-refractivity contribution in [1.29, 1.82) is 0 Å². The van der Waals surface area contributed by atoms with E-state index in [-0.39, 0.29) is 6.10 Å². The minimum atomic E-state index is -0.562. The Morgan fingerprint density at radius 2 is 2.00 bits per heavy atom. The van der Waals surface area contributed by atoms with Gasteiger partial charge in [0, 0.05) is 0 Å². The van der Waals surface area contributed by atoms with Gasteiger partial charge in [0.25, 0.3) is 0 Å². The average molecular weight is 158 g/mol. The zero-order valence-electron chi connectivity index (χ0n) is 6.96. The fourth-order valence-electron chi connectivity index (χ4n) is 1.40. The molecule has 1 aliphatic heterocycles. The SMILES string of the molecule is CC1(C)OCC(C2(O)CC2)O1. The van der Waals surface area contributed by atoms with E-state index in [9.17, 15) is 5.11 Å². The lowest BCUT2D eigenvalue weighted by Gasteiger charge is -2.19. The van der Waals surface area contributed by atoms with E-state index >= 15 is 0 Å². The van der Waals surface area contributed by atoms with E-state index < -0.39 is 11.4 Å². The molecule has 2 fully saturated rings. The van der Waals surface area contributed by atoms with Crippen LogP contribution in [0.4, 0.5) is 0 Å². The Bertz CT molecular complexity index is 172. The van der Waals surface area contributed by atoms with Gasteiger partial charge < -0.3 is 14.6 Å². The Balaban J connectivity index is 2.00. The third-order valence-electron chi connectivity index (χ3n) is 2.37. The molecule has 1 unspecified atom stereocenters. The first-order valence-electron chi connectivity index (χ1n) is 4.06. The van der Waals surface area contributed by atoms with Gasteiger partial charge in [-0.1, -0.05) is 0 Å². The lowest BCUT2D eigenvalue weighted by atomic mass is 10.2. The second-order valence-corrected chi connectivity index (χ2v) is 3.92. The smallest absolute Gasteiger partial charge is 0.163 e. The summed E-state index contributed by atoms with van der Waals surface area (Å²) in [5, 5.41) is 9.66. The molecule has 1 saturated carbocycles. The summed E-state index contributed by atoms with van der Waals surface area (Å²) < 4.78 is 10.8. The van der Waals surface area contributed by atoms with Crippen LogP contribution in [0.25, 0.3) is 0 Å². The van der Waals surface area contributed by atoms with Crippen molar-refractivity contribution in [3.05, 3.63) is 0 Å². The molecule has 0 radical (unpaired) electrons. The number of rotatable bonds is 1. The molecule has 2 rings (SSSR count). The molecule has 11 heavy (non-hydrogen) atoms. The van der Waals surface area contributed by atoms with Crippen LogP contribution in [-0.4, -0.2) is 29.2 Å². The fourth-order valence-corrected chi connectivity index (χ4v) is 1.40. The van der Waals surface area contributed by atoms with Crippen LogP contribution in [0.15, 0.2) is 0 Å². The Kier molecular flexibility index (Phi) is 1.35. The van der Waals surface area contributed by atoms with Crippen molar-refractivity contribution in [2.75, 3.05) is 6.61 Å². The van der Waals surface area contributed by atoms with Crippen LogP contribution >= 0.6 is 0 Å². The Labute approximate surface area is 66.3 Å². The predicted molar refractivity (Wildman–Crippen MR) is 39.1 cm³/mol. The first-order valence-corrected chi connectivity index (χ1v) is 4.06. The van der Waals surface area contributed by atoms with Crippen LogP contribution in [0, 0.1) is 0 Å². The monoisotopic (exact) mass is 158 g/mol. The normalized spacial score (nSPS) is 39.0. The van der Waals surface area contributed by atoms with Crippen molar-refractivity contribution in [1.82, 2.24) is 0 Å². The summed E-state index contributed by atoms with van der Waals surface area (Å²) in [5.74, 6) is -0.497. The van der Waals surface area contributed by atoms with Gasteiger partial charge in [-0.15, -0.1) is 0 Å². The highest BCUT2D eigenvalue weighted by Gasteiger charge is 2.53. The summed E-state index contributed by atoms with van der Waals surface area (Å²) in [7, 11) is 0. The molecule has 1 N–H and O–H groups in total. The third kappa shape index (κ3) is 1.28. The van der Waals surface area contributed by atoms with E-state index in [4.69, 9.17) is 9.47 Å². The Morgan fingerprint density at radius 1 is 1.36 bits per heavy atom. The summed E-state index contributed by atoms with van der Waals surface area (Å²) >= 11 is 0. The minimum absolute atomic E-state index is 0.0995. The Hall–Kier alpha value is -0.120. The molecular weight excluding hydrogens is 144 g/mol. The van der Waals surface area contributed by atoms with Crippen LogP contribution in [0.5, 0.6) is 0 Å². The highest BCUT2D eigenvalue weighted by molar-refractivity contribution is 5.02. The van der Waals surface area contributed by atoms with Crippen molar-refractivity contribution < 1.29 is 14.6 Å². The number of hydrogen-bond acceptors (Lipinski definition) is 3. The maximum Gasteiger partial charge on any atom is 0.163 e. The maximum atomic E-state index is 9.66. The van der Waals surface area contributed by atoms with Crippen molar-refractivity contribution >= 4 is 0 Å². The summed E-state index contributed by atoms with van der Waals surface area (Å²) in [4.78, 5) is 0. The lowest BCUT2D eigenvalue weighted by molar-refractivity contribution is -0.154. The van der Waals surface area contributed by atoms with Gasteiger partial charge in [0.15, 0.2) is 5.79 Å². The average Bonchev–Trinajstić information content (AvgIpc) is 2.51. The molecule has 0 bridgehead atoms. The van der Waals surface area contributed by atoms with Gasteiger partial charge in [-0.2, -0.15) is 0 Å². The van der Waals surface area contributed by atoms with E-state index in [1.165, 1.54) is 0 Å². The summed E-state index contributed by atoms with van der Waals surface area (Å²) in [6, 6.07) is 0. The number of hydrogen-bond donors (Lipinski definition) is 1. The van der Waals surface area contributed by atoms with Gasteiger partial charge in [0.2, 0.25) is 0 Å². The molecule has 0 spiro atoms. The topological polar surface area (TPSA) is 38.7 Å². The van der Waals surface area contributed by atoms with Crippen LogP contribution in [0.3, 0.4) is 0 Å². The summed E-state index contributed by atoms with van der Waals surface area (Å²) in [6.07, 6.45) is 1.62. The van der Waals surface area contributed by atoms with Crippen LogP contribution in [-0.2, 0) is 9.47 Å². The first-order chi connectivity index (χ1) is 5.02. The largest absolute Gasteiger partial charge is 0.387 e. The summed E-state index contributed by atoms with van der Waals surface area (Å²) in [6.45, 7) is 4.28. The summed E-state index contributed by atoms with van der Waals surface area (Å²) in [5.41, 5.74) is -0.562. The second kappa shape index (κ2) is 1.97. The van der Waals surface area contributed by atoms with E-state index in [1.54, 1.807) is 0 Å².